The molecule has 0 aliphatic carbocycles. The molecule has 0 atom stereocenters. The van der Waals surface area contributed by atoms with E-state index in [-0.39, 0.29) is 5.75 Å². The Labute approximate surface area is 135 Å². The molecule has 0 saturated heterocycles. The Kier molecular flexibility index (Phi) is 6.23. The molecular weight excluding hydrogens is 296 g/mol. The molecule has 0 aliphatic rings. The second-order valence-electron chi connectivity index (χ2n) is 5.02. The Hall–Kier alpha value is -2.76. The molecule has 122 valence electrons. The minimum atomic E-state index is 0.177. The molecule has 0 unspecified atom stereocenters. The molecule has 1 N–H and O–H groups in total. The lowest BCUT2D eigenvalue weighted by Crippen LogP contribution is -2.19. The van der Waals surface area contributed by atoms with Gasteiger partial charge in [-0.2, -0.15) is 0 Å². The molecule has 0 bridgehead atoms. The van der Waals surface area contributed by atoms with E-state index in [1.54, 1.807) is 25.3 Å². The minimum Gasteiger partial charge on any atom is -0.508 e. The van der Waals surface area contributed by atoms with E-state index in [0.717, 1.165) is 17.1 Å². The highest BCUT2D eigenvalue weighted by Crippen LogP contribution is 2.17. The maximum atomic E-state index is 10.9. The number of phenols is 1. The van der Waals surface area contributed by atoms with Gasteiger partial charge in [0.2, 0.25) is 0 Å². The summed E-state index contributed by atoms with van der Waals surface area (Å²) in [6.45, 7) is 1.33. The number of hydrogen-bond donors (Lipinski definition) is 1. The van der Waals surface area contributed by atoms with Crippen molar-refractivity contribution in [1.82, 2.24) is 5.01 Å². The highest BCUT2D eigenvalue weighted by Gasteiger charge is 2.05. The highest BCUT2D eigenvalue weighted by atomic mass is 16.5. The summed E-state index contributed by atoms with van der Waals surface area (Å²) in [5.74, 6) is 1.71. The first-order valence-corrected chi connectivity index (χ1v) is 7.34. The number of phenolic OH excluding ortho intramolecular Hbond substituents is 1. The second kappa shape index (κ2) is 8.63. The Morgan fingerprint density at radius 2 is 1.87 bits per heavy atom. The van der Waals surface area contributed by atoms with Gasteiger partial charge in [0.25, 0.3) is 0 Å². The SMILES string of the molecule is COc1ccc(OCCCN(Cc2cccc(O)c2)N=O)cc1. The van der Waals surface area contributed by atoms with Gasteiger partial charge < -0.3 is 14.6 Å². The molecule has 0 heterocycles. The first-order valence-electron chi connectivity index (χ1n) is 7.34. The first kappa shape index (κ1) is 16.6. The topological polar surface area (TPSA) is 71.4 Å². The van der Waals surface area contributed by atoms with E-state index in [1.165, 1.54) is 5.01 Å². The monoisotopic (exact) mass is 316 g/mol. The highest BCUT2D eigenvalue weighted by molar-refractivity contribution is 5.31. The summed E-state index contributed by atoms with van der Waals surface area (Å²) in [4.78, 5) is 10.9. The maximum Gasteiger partial charge on any atom is 0.119 e. The molecule has 0 fully saturated rings. The van der Waals surface area contributed by atoms with Crippen molar-refractivity contribution in [3.8, 4) is 17.2 Å². The van der Waals surface area contributed by atoms with Crippen LogP contribution in [0.15, 0.2) is 53.8 Å². The number of nitroso groups, excluding NO2 is 1. The molecule has 2 aromatic carbocycles. The van der Waals surface area contributed by atoms with Crippen LogP contribution in [0.1, 0.15) is 12.0 Å². The molecule has 0 aliphatic heterocycles. The zero-order valence-corrected chi connectivity index (χ0v) is 13.0. The summed E-state index contributed by atoms with van der Waals surface area (Å²) in [7, 11) is 1.61. The van der Waals surface area contributed by atoms with Gasteiger partial charge in [-0.1, -0.05) is 12.1 Å². The average Bonchev–Trinajstić information content (AvgIpc) is 2.58. The van der Waals surface area contributed by atoms with Crippen molar-refractivity contribution in [1.29, 1.82) is 0 Å². The summed E-state index contributed by atoms with van der Waals surface area (Å²) in [5.41, 5.74) is 0.834. The van der Waals surface area contributed by atoms with Crippen LogP contribution in [-0.4, -0.2) is 30.4 Å². The van der Waals surface area contributed by atoms with Gasteiger partial charge in [0, 0.05) is 13.0 Å². The number of aromatic hydroxyl groups is 1. The standard InChI is InChI=1S/C17H20N2O4/c1-22-16-6-8-17(9-7-16)23-11-3-10-19(18-21)13-14-4-2-5-15(20)12-14/h2,4-9,12,20H,3,10-11,13H2,1H3. The molecule has 0 spiro atoms. The predicted octanol–water partition coefficient (Wildman–Crippen LogP) is 3.35. The van der Waals surface area contributed by atoms with E-state index < -0.39 is 0 Å². The Balaban J connectivity index is 1.73. The van der Waals surface area contributed by atoms with E-state index in [0.29, 0.717) is 26.1 Å². The summed E-state index contributed by atoms with van der Waals surface area (Å²) >= 11 is 0. The third-order valence-corrected chi connectivity index (χ3v) is 3.28. The molecule has 0 saturated carbocycles. The quantitative estimate of drug-likeness (QED) is 0.436. The van der Waals surface area contributed by atoms with Gasteiger partial charge in [-0.15, -0.1) is 4.91 Å². The van der Waals surface area contributed by atoms with E-state index in [2.05, 4.69) is 5.29 Å². The summed E-state index contributed by atoms with van der Waals surface area (Å²) in [5, 5.41) is 13.8. The Morgan fingerprint density at radius 1 is 1.13 bits per heavy atom. The lowest BCUT2D eigenvalue weighted by molar-refractivity contribution is 0.232. The fourth-order valence-electron chi connectivity index (χ4n) is 2.12. The Bertz CT molecular complexity index is 616. The van der Waals surface area contributed by atoms with Crippen LogP contribution < -0.4 is 9.47 Å². The molecular formula is C17H20N2O4. The van der Waals surface area contributed by atoms with Crippen LogP contribution in [0.3, 0.4) is 0 Å². The fourth-order valence-corrected chi connectivity index (χ4v) is 2.12. The van der Waals surface area contributed by atoms with Crippen molar-refractivity contribution >= 4 is 0 Å². The van der Waals surface area contributed by atoms with Crippen molar-refractivity contribution in [3.63, 3.8) is 0 Å². The van der Waals surface area contributed by atoms with Crippen LogP contribution in [0.4, 0.5) is 0 Å². The van der Waals surface area contributed by atoms with Crippen molar-refractivity contribution in [2.45, 2.75) is 13.0 Å². The zero-order chi connectivity index (χ0) is 16.5. The lowest BCUT2D eigenvalue weighted by atomic mass is 10.2. The molecule has 0 aromatic heterocycles. The van der Waals surface area contributed by atoms with Crippen LogP contribution in [-0.2, 0) is 6.54 Å². The number of benzene rings is 2. The number of nitrogens with zero attached hydrogens (tertiary/aromatic N) is 2. The van der Waals surface area contributed by atoms with Crippen LogP contribution in [0.5, 0.6) is 17.2 Å². The van der Waals surface area contributed by atoms with Crippen molar-refractivity contribution < 1.29 is 14.6 Å². The summed E-state index contributed by atoms with van der Waals surface area (Å²) in [6, 6.07) is 14.1. The number of hydrogen-bond acceptors (Lipinski definition) is 5. The van der Waals surface area contributed by atoms with E-state index in [9.17, 15) is 10.0 Å². The second-order valence-corrected chi connectivity index (χ2v) is 5.02. The number of ether oxygens (including phenoxy) is 2. The van der Waals surface area contributed by atoms with Crippen molar-refractivity contribution in [2.75, 3.05) is 20.3 Å². The third kappa shape index (κ3) is 5.50. The van der Waals surface area contributed by atoms with E-state index in [1.807, 2.05) is 30.3 Å². The molecule has 6 nitrogen and oxygen atoms in total. The molecule has 23 heavy (non-hydrogen) atoms. The molecule has 2 aromatic rings. The predicted molar refractivity (Wildman–Crippen MR) is 87.4 cm³/mol. The largest absolute Gasteiger partial charge is 0.508 e. The fraction of sp³-hybridized carbons (Fsp3) is 0.294. The maximum absolute atomic E-state index is 10.9. The average molecular weight is 316 g/mol. The van der Waals surface area contributed by atoms with E-state index >= 15 is 0 Å². The molecule has 0 radical (unpaired) electrons. The molecule has 0 amide bonds. The van der Waals surface area contributed by atoms with Gasteiger partial charge >= 0.3 is 0 Å². The Morgan fingerprint density at radius 3 is 2.52 bits per heavy atom. The lowest BCUT2D eigenvalue weighted by Gasteiger charge is -2.15. The van der Waals surface area contributed by atoms with E-state index in [4.69, 9.17) is 9.47 Å². The van der Waals surface area contributed by atoms with Gasteiger partial charge in [-0.3, -0.25) is 5.01 Å². The smallest absolute Gasteiger partial charge is 0.119 e. The van der Waals surface area contributed by atoms with Crippen LogP contribution in [0.2, 0.25) is 0 Å². The summed E-state index contributed by atoms with van der Waals surface area (Å²) in [6.07, 6.45) is 0.663. The van der Waals surface area contributed by atoms with Crippen molar-refractivity contribution in [2.24, 2.45) is 5.29 Å². The van der Waals surface area contributed by atoms with Gasteiger partial charge in [0.15, 0.2) is 0 Å². The van der Waals surface area contributed by atoms with Crippen LogP contribution >= 0.6 is 0 Å². The molecule has 2 rings (SSSR count). The zero-order valence-electron chi connectivity index (χ0n) is 13.0. The first-order chi connectivity index (χ1) is 11.2. The van der Waals surface area contributed by atoms with Crippen molar-refractivity contribution in [3.05, 3.63) is 59.0 Å². The summed E-state index contributed by atoms with van der Waals surface area (Å²) < 4.78 is 10.7. The number of methoxy groups -OCH3 is 1. The van der Waals surface area contributed by atoms with Gasteiger partial charge in [0.05, 0.1) is 25.5 Å². The third-order valence-electron chi connectivity index (χ3n) is 3.28. The minimum absolute atomic E-state index is 0.177. The van der Waals surface area contributed by atoms with Gasteiger partial charge in [-0.25, -0.2) is 0 Å². The normalized spacial score (nSPS) is 10.1. The van der Waals surface area contributed by atoms with Gasteiger partial charge in [-0.05, 0) is 42.0 Å². The molecule has 6 heteroatoms. The van der Waals surface area contributed by atoms with Crippen LogP contribution in [0, 0.1) is 4.91 Å². The van der Waals surface area contributed by atoms with Crippen LogP contribution in [0.25, 0.3) is 0 Å². The van der Waals surface area contributed by atoms with Gasteiger partial charge in [0.1, 0.15) is 17.2 Å². The number of rotatable bonds is 9.